The number of carboxylic acid groups (broad SMARTS) is 1. The Kier molecular flexibility index (Phi) is 6.32. The molecule has 1 aromatic carbocycles. The van der Waals surface area contributed by atoms with Gasteiger partial charge in [0, 0.05) is 18.3 Å². The van der Waals surface area contributed by atoms with Gasteiger partial charge in [0.25, 0.3) is 0 Å². The molecule has 0 heterocycles. The van der Waals surface area contributed by atoms with Crippen LogP contribution in [0.15, 0.2) is 18.2 Å². The maximum absolute atomic E-state index is 11.7. The van der Waals surface area contributed by atoms with E-state index in [0.717, 1.165) is 0 Å². The van der Waals surface area contributed by atoms with Crippen LogP contribution in [0, 0.1) is 5.92 Å². The molecular weight excluding hydrogens is 276 g/mol. The fourth-order valence-corrected chi connectivity index (χ4v) is 1.61. The van der Waals surface area contributed by atoms with Crippen LogP contribution in [0.4, 0.5) is 10.5 Å². The molecule has 7 heteroatoms. The molecule has 0 spiro atoms. The molecule has 0 saturated carbocycles. The van der Waals surface area contributed by atoms with E-state index in [1.807, 2.05) is 0 Å². The molecule has 0 fully saturated rings. The zero-order valence-corrected chi connectivity index (χ0v) is 12.3. The number of urea groups is 1. The maximum Gasteiger partial charge on any atom is 0.319 e. The van der Waals surface area contributed by atoms with Crippen molar-refractivity contribution >= 4 is 17.7 Å². The SMILES string of the molecule is COc1ccc(NC(=O)NCCC(C)C(=O)O)cc1OC. The van der Waals surface area contributed by atoms with Crippen LogP contribution >= 0.6 is 0 Å². The molecule has 0 bridgehead atoms. The molecule has 0 aromatic heterocycles. The second kappa shape index (κ2) is 7.98. The number of aliphatic carboxylic acids is 1. The summed E-state index contributed by atoms with van der Waals surface area (Å²) in [5.41, 5.74) is 0.552. The Balaban J connectivity index is 2.49. The van der Waals surface area contributed by atoms with Gasteiger partial charge in [0.05, 0.1) is 20.1 Å². The van der Waals surface area contributed by atoms with Crippen LogP contribution in [0.2, 0.25) is 0 Å². The summed E-state index contributed by atoms with van der Waals surface area (Å²) in [6.07, 6.45) is 0.370. The van der Waals surface area contributed by atoms with Gasteiger partial charge in [0.1, 0.15) is 0 Å². The number of carbonyl (C=O) groups excluding carboxylic acids is 1. The number of carbonyl (C=O) groups is 2. The van der Waals surface area contributed by atoms with Gasteiger partial charge in [-0.05, 0) is 18.6 Å². The van der Waals surface area contributed by atoms with Gasteiger partial charge in [-0.15, -0.1) is 0 Å². The second-order valence-electron chi connectivity index (χ2n) is 4.48. The zero-order valence-electron chi connectivity index (χ0n) is 12.3. The molecule has 116 valence electrons. The first-order valence-electron chi connectivity index (χ1n) is 6.47. The van der Waals surface area contributed by atoms with Crippen LogP contribution in [-0.4, -0.2) is 37.9 Å². The molecule has 0 aliphatic carbocycles. The number of methoxy groups -OCH3 is 2. The van der Waals surface area contributed by atoms with E-state index in [1.165, 1.54) is 14.2 Å². The van der Waals surface area contributed by atoms with Gasteiger partial charge in [-0.25, -0.2) is 4.79 Å². The maximum atomic E-state index is 11.7. The van der Waals surface area contributed by atoms with E-state index in [-0.39, 0.29) is 6.54 Å². The van der Waals surface area contributed by atoms with Crippen LogP contribution in [0.5, 0.6) is 11.5 Å². The van der Waals surface area contributed by atoms with Gasteiger partial charge in [0.2, 0.25) is 0 Å². The standard InChI is InChI=1S/C14H20N2O5/c1-9(13(17)18)6-7-15-14(19)16-10-4-5-11(20-2)12(8-10)21-3/h4-5,8-9H,6-7H2,1-3H3,(H,17,18)(H2,15,16,19). The molecule has 1 rings (SSSR count). The van der Waals surface area contributed by atoms with E-state index < -0.39 is 17.9 Å². The van der Waals surface area contributed by atoms with Crippen molar-refractivity contribution in [3.05, 3.63) is 18.2 Å². The number of hydrogen-bond acceptors (Lipinski definition) is 4. The molecule has 0 aliphatic rings. The predicted molar refractivity (Wildman–Crippen MR) is 78.0 cm³/mol. The second-order valence-corrected chi connectivity index (χ2v) is 4.48. The third kappa shape index (κ3) is 5.21. The molecule has 2 amide bonds. The predicted octanol–water partition coefficient (Wildman–Crippen LogP) is 1.94. The summed E-state index contributed by atoms with van der Waals surface area (Å²) in [7, 11) is 3.04. The van der Waals surface area contributed by atoms with Gasteiger partial charge in [-0.1, -0.05) is 6.92 Å². The average molecular weight is 296 g/mol. The third-order valence-corrected chi connectivity index (χ3v) is 2.93. The highest BCUT2D eigenvalue weighted by Crippen LogP contribution is 2.29. The Morgan fingerprint density at radius 1 is 1.24 bits per heavy atom. The highest BCUT2D eigenvalue weighted by Gasteiger charge is 2.11. The number of rotatable bonds is 7. The number of hydrogen-bond donors (Lipinski definition) is 3. The normalized spacial score (nSPS) is 11.4. The lowest BCUT2D eigenvalue weighted by Crippen LogP contribution is -2.31. The molecule has 1 atom stereocenters. The van der Waals surface area contributed by atoms with Crippen molar-refractivity contribution in [1.82, 2.24) is 5.32 Å². The summed E-state index contributed by atoms with van der Waals surface area (Å²) >= 11 is 0. The first-order chi connectivity index (χ1) is 9.97. The number of anilines is 1. The summed E-state index contributed by atoms with van der Waals surface area (Å²) < 4.78 is 10.2. The summed E-state index contributed by atoms with van der Waals surface area (Å²) in [5.74, 6) is -0.294. The summed E-state index contributed by atoms with van der Waals surface area (Å²) in [6.45, 7) is 1.88. The number of ether oxygens (including phenoxy) is 2. The van der Waals surface area contributed by atoms with Crippen molar-refractivity contribution in [1.29, 1.82) is 0 Å². The molecule has 0 aliphatic heterocycles. The van der Waals surface area contributed by atoms with Gasteiger partial charge >= 0.3 is 12.0 Å². The van der Waals surface area contributed by atoms with Crippen LogP contribution in [0.25, 0.3) is 0 Å². The van der Waals surface area contributed by atoms with E-state index >= 15 is 0 Å². The average Bonchev–Trinajstić information content (AvgIpc) is 2.46. The smallest absolute Gasteiger partial charge is 0.319 e. The van der Waals surface area contributed by atoms with Gasteiger partial charge in [-0.2, -0.15) is 0 Å². The van der Waals surface area contributed by atoms with Crippen LogP contribution in [0.3, 0.4) is 0 Å². The van der Waals surface area contributed by atoms with E-state index in [9.17, 15) is 9.59 Å². The Morgan fingerprint density at radius 2 is 1.90 bits per heavy atom. The van der Waals surface area contributed by atoms with Crippen molar-refractivity contribution in [2.24, 2.45) is 5.92 Å². The molecule has 1 aromatic rings. The largest absolute Gasteiger partial charge is 0.493 e. The van der Waals surface area contributed by atoms with Crippen LogP contribution < -0.4 is 20.1 Å². The zero-order chi connectivity index (χ0) is 15.8. The first kappa shape index (κ1) is 16.6. The summed E-state index contributed by atoms with van der Waals surface area (Å²) in [5, 5.41) is 14.0. The molecule has 0 radical (unpaired) electrons. The van der Waals surface area contributed by atoms with E-state index in [1.54, 1.807) is 25.1 Å². The molecule has 1 unspecified atom stereocenters. The quantitative estimate of drug-likeness (QED) is 0.714. The van der Waals surface area contributed by atoms with E-state index in [2.05, 4.69) is 10.6 Å². The van der Waals surface area contributed by atoms with Crippen molar-refractivity contribution in [3.63, 3.8) is 0 Å². The van der Waals surface area contributed by atoms with Crippen LogP contribution in [-0.2, 0) is 4.79 Å². The Labute approximate surface area is 123 Å². The number of carboxylic acids is 1. The molecule has 7 nitrogen and oxygen atoms in total. The lowest BCUT2D eigenvalue weighted by molar-refractivity contribution is -0.141. The molecule has 0 saturated heterocycles. The molecule has 21 heavy (non-hydrogen) atoms. The van der Waals surface area contributed by atoms with Crippen LogP contribution in [0.1, 0.15) is 13.3 Å². The summed E-state index contributed by atoms with van der Waals surface area (Å²) in [4.78, 5) is 22.3. The Bertz CT molecular complexity index is 504. The molecule has 3 N–H and O–H groups in total. The monoisotopic (exact) mass is 296 g/mol. The lowest BCUT2D eigenvalue weighted by atomic mass is 10.1. The summed E-state index contributed by atoms with van der Waals surface area (Å²) in [6, 6.07) is 4.60. The van der Waals surface area contributed by atoms with Gasteiger partial charge in [-0.3, -0.25) is 4.79 Å². The number of amides is 2. The first-order valence-corrected chi connectivity index (χ1v) is 6.47. The number of nitrogens with one attached hydrogen (secondary N) is 2. The van der Waals surface area contributed by atoms with Crippen molar-refractivity contribution in [2.75, 3.05) is 26.1 Å². The lowest BCUT2D eigenvalue weighted by Gasteiger charge is -2.12. The van der Waals surface area contributed by atoms with E-state index in [0.29, 0.717) is 23.6 Å². The van der Waals surface area contributed by atoms with E-state index in [4.69, 9.17) is 14.6 Å². The Morgan fingerprint density at radius 3 is 2.48 bits per heavy atom. The topological polar surface area (TPSA) is 96.9 Å². The van der Waals surface area contributed by atoms with Gasteiger partial charge < -0.3 is 25.2 Å². The van der Waals surface area contributed by atoms with Crippen molar-refractivity contribution in [2.45, 2.75) is 13.3 Å². The van der Waals surface area contributed by atoms with Gasteiger partial charge in [0.15, 0.2) is 11.5 Å². The highest BCUT2D eigenvalue weighted by atomic mass is 16.5. The van der Waals surface area contributed by atoms with Crippen molar-refractivity contribution in [3.8, 4) is 11.5 Å². The third-order valence-electron chi connectivity index (χ3n) is 2.93. The minimum atomic E-state index is -0.878. The fourth-order valence-electron chi connectivity index (χ4n) is 1.61. The fraction of sp³-hybridized carbons (Fsp3) is 0.429. The minimum Gasteiger partial charge on any atom is -0.493 e. The Hall–Kier alpha value is -2.44. The highest BCUT2D eigenvalue weighted by molar-refractivity contribution is 5.89. The molecular formula is C14H20N2O5. The van der Waals surface area contributed by atoms with Crippen molar-refractivity contribution < 1.29 is 24.2 Å². The minimum absolute atomic E-state index is 0.284. The number of benzene rings is 1.